The molecule has 0 aliphatic carbocycles. The van der Waals surface area contributed by atoms with Gasteiger partial charge in [-0.15, -0.1) is 5.10 Å². The van der Waals surface area contributed by atoms with Gasteiger partial charge in [-0.2, -0.15) is 5.10 Å². The van der Waals surface area contributed by atoms with Gasteiger partial charge in [0.15, 0.2) is 0 Å². The summed E-state index contributed by atoms with van der Waals surface area (Å²) >= 11 is 0. The molecule has 2 heterocycles. The smallest absolute Gasteiger partial charge is 0.245 e. The van der Waals surface area contributed by atoms with Crippen LogP contribution in [-0.2, 0) is 17.6 Å². The molecule has 1 aromatic heterocycles. The predicted molar refractivity (Wildman–Crippen MR) is 83.4 cm³/mol. The SMILES string of the molecule is CCc1nnc(N2CCC(OCCCN)CC2)nc1CC. The van der Waals surface area contributed by atoms with Gasteiger partial charge in [-0.25, -0.2) is 4.98 Å². The molecular formula is C15H27N5O. The van der Waals surface area contributed by atoms with Crippen LogP contribution < -0.4 is 10.6 Å². The molecule has 1 aromatic rings. The molecule has 1 saturated heterocycles. The van der Waals surface area contributed by atoms with Gasteiger partial charge in [-0.05, 0) is 38.6 Å². The second kappa shape index (κ2) is 8.24. The van der Waals surface area contributed by atoms with E-state index in [1.807, 2.05) is 0 Å². The van der Waals surface area contributed by atoms with Gasteiger partial charge in [0, 0.05) is 19.7 Å². The van der Waals surface area contributed by atoms with Gasteiger partial charge in [0.1, 0.15) is 0 Å². The number of nitrogens with two attached hydrogens (primary N) is 1. The summed E-state index contributed by atoms with van der Waals surface area (Å²) in [5.41, 5.74) is 7.57. The molecule has 0 radical (unpaired) electrons. The summed E-state index contributed by atoms with van der Waals surface area (Å²) in [5.74, 6) is 0.768. The number of rotatable bonds is 7. The summed E-state index contributed by atoms with van der Waals surface area (Å²) in [7, 11) is 0. The van der Waals surface area contributed by atoms with E-state index in [1.165, 1.54) is 0 Å². The number of aromatic nitrogens is 3. The minimum absolute atomic E-state index is 0.348. The van der Waals surface area contributed by atoms with E-state index >= 15 is 0 Å². The molecule has 1 fully saturated rings. The summed E-state index contributed by atoms with van der Waals surface area (Å²) in [5, 5.41) is 8.61. The van der Waals surface area contributed by atoms with E-state index in [0.29, 0.717) is 12.6 Å². The molecule has 0 amide bonds. The van der Waals surface area contributed by atoms with Crippen molar-refractivity contribution in [2.75, 3.05) is 31.1 Å². The number of aryl methyl sites for hydroxylation is 2. The van der Waals surface area contributed by atoms with Crippen LogP contribution in [0.1, 0.15) is 44.5 Å². The average molecular weight is 293 g/mol. The highest BCUT2D eigenvalue weighted by molar-refractivity contribution is 5.31. The Morgan fingerprint density at radius 3 is 2.48 bits per heavy atom. The normalized spacial score (nSPS) is 16.4. The molecule has 21 heavy (non-hydrogen) atoms. The van der Waals surface area contributed by atoms with Gasteiger partial charge in [-0.1, -0.05) is 13.8 Å². The van der Waals surface area contributed by atoms with E-state index in [4.69, 9.17) is 10.5 Å². The van der Waals surface area contributed by atoms with Gasteiger partial charge in [0.2, 0.25) is 5.95 Å². The molecule has 0 bridgehead atoms. The molecule has 0 saturated carbocycles. The largest absolute Gasteiger partial charge is 0.378 e. The highest BCUT2D eigenvalue weighted by Gasteiger charge is 2.22. The molecule has 6 heteroatoms. The van der Waals surface area contributed by atoms with Crippen molar-refractivity contribution in [2.24, 2.45) is 5.73 Å². The Labute approximate surface area is 127 Å². The molecule has 2 N–H and O–H groups in total. The van der Waals surface area contributed by atoms with Crippen molar-refractivity contribution in [3.63, 3.8) is 0 Å². The summed E-state index contributed by atoms with van der Waals surface area (Å²) in [6.45, 7) is 7.54. The van der Waals surface area contributed by atoms with E-state index in [9.17, 15) is 0 Å². The Morgan fingerprint density at radius 1 is 1.14 bits per heavy atom. The molecule has 2 rings (SSSR count). The third-order valence-electron chi connectivity index (χ3n) is 3.92. The minimum atomic E-state index is 0.348. The van der Waals surface area contributed by atoms with E-state index in [0.717, 1.165) is 69.1 Å². The van der Waals surface area contributed by atoms with Crippen molar-refractivity contribution in [2.45, 2.75) is 52.1 Å². The van der Waals surface area contributed by atoms with Crippen LogP contribution in [0, 0.1) is 0 Å². The molecule has 0 atom stereocenters. The number of nitrogens with zero attached hydrogens (tertiary/aromatic N) is 4. The van der Waals surface area contributed by atoms with Crippen LogP contribution in [0.3, 0.4) is 0 Å². The Balaban J connectivity index is 1.90. The maximum atomic E-state index is 5.83. The first-order valence-corrected chi connectivity index (χ1v) is 8.07. The lowest BCUT2D eigenvalue weighted by Crippen LogP contribution is -2.38. The first-order valence-electron chi connectivity index (χ1n) is 8.07. The van der Waals surface area contributed by atoms with E-state index < -0.39 is 0 Å². The van der Waals surface area contributed by atoms with Crippen LogP contribution in [0.5, 0.6) is 0 Å². The first-order chi connectivity index (χ1) is 10.3. The molecular weight excluding hydrogens is 266 g/mol. The zero-order valence-corrected chi connectivity index (χ0v) is 13.2. The Hall–Kier alpha value is -1.27. The Morgan fingerprint density at radius 2 is 1.86 bits per heavy atom. The zero-order valence-electron chi connectivity index (χ0n) is 13.2. The van der Waals surface area contributed by atoms with Gasteiger partial charge >= 0.3 is 0 Å². The zero-order chi connectivity index (χ0) is 15.1. The predicted octanol–water partition coefficient (Wildman–Crippen LogP) is 1.33. The molecule has 118 valence electrons. The van der Waals surface area contributed by atoms with E-state index in [2.05, 4.69) is 33.9 Å². The average Bonchev–Trinajstić information content (AvgIpc) is 2.55. The van der Waals surface area contributed by atoms with Gasteiger partial charge < -0.3 is 15.4 Å². The third-order valence-corrected chi connectivity index (χ3v) is 3.92. The molecule has 1 aliphatic rings. The fourth-order valence-electron chi connectivity index (χ4n) is 2.62. The van der Waals surface area contributed by atoms with Crippen LogP contribution in [0.15, 0.2) is 0 Å². The van der Waals surface area contributed by atoms with Crippen molar-refractivity contribution < 1.29 is 4.74 Å². The van der Waals surface area contributed by atoms with Crippen LogP contribution in [0.4, 0.5) is 5.95 Å². The maximum Gasteiger partial charge on any atom is 0.245 e. The Kier molecular flexibility index (Phi) is 6.32. The topological polar surface area (TPSA) is 77.2 Å². The minimum Gasteiger partial charge on any atom is -0.378 e. The van der Waals surface area contributed by atoms with Crippen LogP contribution >= 0.6 is 0 Å². The number of piperidine rings is 1. The van der Waals surface area contributed by atoms with Crippen molar-refractivity contribution in [1.82, 2.24) is 15.2 Å². The Bertz CT molecular complexity index is 432. The highest BCUT2D eigenvalue weighted by atomic mass is 16.5. The lowest BCUT2D eigenvalue weighted by Gasteiger charge is -2.31. The van der Waals surface area contributed by atoms with Crippen LogP contribution in [0.25, 0.3) is 0 Å². The summed E-state index contributed by atoms with van der Waals surface area (Å²) in [4.78, 5) is 6.90. The van der Waals surface area contributed by atoms with Gasteiger partial charge in [0.25, 0.3) is 0 Å². The van der Waals surface area contributed by atoms with Gasteiger partial charge in [0.05, 0.1) is 17.5 Å². The van der Waals surface area contributed by atoms with E-state index in [1.54, 1.807) is 0 Å². The number of ether oxygens (including phenoxy) is 1. The molecule has 1 aliphatic heterocycles. The number of anilines is 1. The van der Waals surface area contributed by atoms with Crippen molar-refractivity contribution in [1.29, 1.82) is 0 Å². The summed E-state index contributed by atoms with van der Waals surface area (Å²) in [6.07, 6.45) is 5.12. The molecule has 0 unspecified atom stereocenters. The molecule has 0 aromatic carbocycles. The lowest BCUT2D eigenvalue weighted by atomic mass is 10.1. The van der Waals surface area contributed by atoms with Crippen molar-refractivity contribution >= 4 is 5.95 Å². The van der Waals surface area contributed by atoms with E-state index in [-0.39, 0.29) is 0 Å². The maximum absolute atomic E-state index is 5.83. The van der Waals surface area contributed by atoms with Gasteiger partial charge in [-0.3, -0.25) is 0 Å². The third kappa shape index (κ3) is 4.35. The quantitative estimate of drug-likeness (QED) is 0.764. The summed E-state index contributed by atoms with van der Waals surface area (Å²) in [6, 6.07) is 0. The van der Waals surface area contributed by atoms with Crippen LogP contribution in [-0.4, -0.2) is 47.5 Å². The number of hydrogen-bond acceptors (Lipinski definition) is 6. The number of hydrogen-bond donors (Lipinski definition) is 1. The second-order valence-corrected chi connectivity index (χ2v) is 5.41. The fraction of sp³-hybridized carbons (Fsp3) is 0.800. The molecule has 0 spiro atoms. The fourth-order valence-corrected chi connectivity index (χ4v) is 2.62. The monoisotopic (exact) mass is 293 g/mol. The highest BCUT2D eigenvalue weighted by Crippen LogP contribution is 2.19. The van der Waals surface area contributed by atoms with Crippen molar-refractivity contribution in [3.8, 4) is 0 Å². The first kappa shape index (κ1) is 16.1. The van der Waals surface area contributed by atoms with Crippen molar-refractivity contribution in [3.05, 3.63) is 11.4 Å². The lowest BCUT2D eigenvalue weighted by molar-refractivity contribution is 0.0364. The second-order valence-electron chi connectivity index (χ2n) is 5.41. The van der Waals surface area contributed by atoms with Crippen LogP contribution in [0.2, 0.25) is 0 Å². The summed E-state index contributed by atoms with van der Waals surface area (Å²) < 4.78 is 5.83. The standard InChI is InChI=1S/C15H27N5O/c1-3-13-14(4-2)18-19-15(17-13)20-9-6-12(7-10-20)21-11-5-8-16/h12H,3-11,16H2,1-2H3. The molecule has 6 nitrogen and oxygen atoms in total.